The lowest BCUT2D eigenvalue weighted by molar-refractivity contribution is -0.154. The summed E-state index contributed by atoms with van der Waals surface area (Å²) in [5, 5.41) is 1.33. The second kappa shape index (κ2) is 38.8. The van der Waals surface area contributed by atoms with Gasteiger partial charge in [0.1, 0.15) is 23.7 Å². The third kappa shape index (κ3) is 22.2. The molecule has 8 aliphatic rings. The summed E-state index contributed by atoms with van der Waals surface area (Å²) in [5.74, 6) is -5.99. The van der Waals surface area contributed by atoms with Crippen LogP contribution in [-0.2, 0) is 67.9 Å². The van der Waals surface area contributed by atoms with E-state index in [1.54, 1.807) is 103 Å². The maximum atomic E-state index is 15.3. The number of ketones is 2. The number of Topliss-reactive ketones (excluding diaryl/α,β-unsaturated/α-hetero) is 2. The topological polar surface area (TPSA) is 335 Å². The zero-order chi connectivity index (χ0) is 90.8. The van der Waals surface area contributed by atoms with Crippen LogP contribution in [0.15, 0.2) is 109 Å². The van der Waals surface area contributed by atoms with Gasteiger partial charge in [-0.25, -0.2) is 35.6 Å². The predicted octanol–water partition coefficient (Wildman–Crippen LogP) is 15.5. The number of amides is 4. The molecule has 14 rings (SSSR count). The number of allylic oxidation sites excluding steroid dienone is 4. The molecule has 26 nitrogen and oxygen atoms in total. The molecule has 4 amide bonds. The van der Waals surface area contributed by atoms with Crippen molar-refractivity contribution >= 4 is 88.7 Å². The van der Waals surface area contributed by atoms with E-state index in [-0.39, 0.29) is 135 Å². The average Bonchev–Trinajstić information content (AvgIpc) is 1.57. The average molecular weight is 1780 g/mol. The highest BCUT2D eigenvalue weighted by Gasteiger charge is 2.64. The number of rotatable bonds is 24. The van der Waals surface area contributed by atoms with Crippen LogP contribution in [-0.4, -0.2) is 170 Å². The van der Waals surface area contributed by atoms with E-state index >= 15 is 18.4 Å². The first-order valence-electron chi connectivity index (χ1n) is 44.5. The zero-order valence-electron chi connectivity index (χ0n) is 74.5. The van der Waals surface area contributed by atoms with E-state index in [9.17, 15) is 45.6 Å². The van der Waals surface area contributed by atoms with Crippen molar-refractivity contribution in [2.75, 3.05) is 27.3 Å². The van der Waals surface area contributed by atoms with Crippen LogP contribution in [0.3, 0.4) is 0 Å². The first-order chi connectivity index (χ1) is 59.7. The van der Waals surface area contributed by atoms with Gasteiger partial charge in [-0.15, -0.1) is 0 Å². The maximum Gasteiger partial charge on any atom is 0.306 e. The third-order valence-corrected chi connectivity index (χ3v) is 29.2. The molecule has 4 aromatic carbocycles. The number of benzene rings is 4. The number of fused-ring (bicyclic) bond motifs is 6. The standard InChI is InChI=1S/2C48H60FN3O10S/c2*1-27(2)60-43-17-12-31(20-39(43)49)40-21-32-19-34(59-7)13-16-37(32)45(50-40)62-35-22-41-42(53)25-48(47(56)51-63(57,58)36-14-15-36)24-33(48)11-9-8-10-29(5)18-30(6)38(46(55)52(41)26-35)23-44(54)61-28(3)4/h2*9,11-13,16-17,19-21,27-30,33,35-36,38,41H,8,10,14-15,18,22-26H2,1-7H3,(H,51,56)/b2*11-9-/t29-,30+,33+,35+,38-,41-,48+;29-,30-,33-,35-,38+,41+,48-/m01/s1. The molecule has 2 saturated heterocycles. The lowest BCUT2D eigenvalue weighted by atomic mass is 9.82. The minimum Gasteiger partial charge on any atom is -0.497 e. The van der Waals surface area contributed by atoms with Gasteiger partial charge in [-0.2, -0.15) is 0 Å². The van der Waals surface area contributed by atoms with E-state index in [2.05, 4.69) is 23.3 Å². The molecule has 30 heteroatoms. The summed E-state index contributed by atoms with van der Waals surface area (Å²) in [5.41, 5.74) is -0.897. The summed E-state index contributed by atoms with van der Waals surface area (Å²) < 4.78 is 134. The van der Waals surface area contributed by atoms with Crippen LogP contribution in [0.5, 0.6) is 34.8 Å². The Kier molecular flexibility index (Phi) is 28.8. The van der Waals surface area contributed by atoms with E-state index in [0.717, 1.165) is 12.8 Å². The smallest absolute Gasteiger partial charge is 0.306 e. The van der Waals surface area contributed by atoms with Crippen molar-refractivity contribution in [2.24, 2.45) is 58.2 Å². The number of pyridine rings is 2. The van der Waals surface area contributed by atoms with Crippen LogP contribution >= 0.6 is 0 Å². The number of methoxy groups -OCH3 is 2. The number of esters is 2. The molecule has 126 heavy (non-hydrogen) atoms. The van der Waals surface area contributed by atoms with Crippen LogP contribution in [0.25, 0.3) is 44.1 Å². The van der Waals surface area contributed by atoms with Crippen LogP contribution < -0.4 is 37.9 Å². The van der Waals surface area contributed by atoms with E-state index in [4.69, 9.17) is 47.9 Å². The molecule has 6 fully saturated rings. The number of hydrogen-bond donors (Lipinski definition) is 2. The van der Waals surface area contributed by atoms with Gasteiger partial charge in [0, 0.05) is 47.6 Å². The highest BCUT2D eigenvalue weighted by atomic mass is 32.2. The van der Waals surface area contributed by atoms with Crippen molar-refractivity contribution in [1.82, 2.24) is 29.2 Å². The molecule has 2 N–H and O–H groups in total. The number of halogens is 2. The Hall–Kier alpha value is -10.1. The van der Waals surface area contributed by atoms with Gasteiger partial charge in [-0.05, 0) is 264 Å². The van der Waals surface area contributed by atoms with Crippen LogP contribution in [0.2, 0.25) is 0 Å². The third-order valence-electron chi connectivity index (χ3n) is 25.6. The van der Waals surface area contributed by atoms with Crippen LogP contribution in [0.1, 0.15) is 199 Å². The molecule has 680 valence electrons. The minimum absolute atomic E-state index is 0.0365. The molecule has 6 heterocycles. The molecule has 4 aliphatic heterocycles. The zero-order valence-corrected chi connectivity index (χ0v) is 76.1. The van der Waals surface area contributed by atoms with Gasteiger partial charge in [-0.1, -0.05) is 52.0 Å². The molecule has 2 aromatic heterocycles. The second-order valence-electron chi connectivity index (χ2n) is 37.3. The SMILES string of the molecule is COc1ccc2c(O[C@@H]3C[C@H]4C(=O)C[C@]5(C(=O)NS(=O)(=O)C6CC6)C[C@H]5/C=C\CC[C@@H](C)C[C@@H](C)[C@H](CC(=O)OC(C)C)C(=O)N4C3)nc(-c3ccc(OC(C)C)c(F)c3)cc2c1.COc1ccc2c(O[C@@H]3C[C@H]4C(=O)C[C@]5(C(=O)NS(=O)(=O)C6CC6)C[C@H]5/C=C\CC[C@H](C)C[C@@H](C)[C@H](CC(=O)OC(C)C)C(=O)N4C3)nc(-c3ccc(OC(C)C)c(F)c3)cc2c1. The first-order valence-corrected chi connectivity index (χ1v) is 47.6. The Morgan fingerprint density at radius 1 is 0.500 bits per heavy atom. The molecule has 0 unspecified atom stereocenters. The van der Waals surface area contributed by atoms with E-state index < -0.39 is 148 Å². The highest BCUT2D eigenvalue weighted by Crippen LogP contribution is 2.59. The molecule has 4 aliphatic carbocycles. The van der Waals surface area contributed by atoms with Gasteiger partial charge in [-0.3, -0.25) is 47.8 Å². The summed E-state index contributed by atoms with van der Waals surface area (Å²) in [6.07, 6.45) is 10.9. The number of nitrogens with zero attached hydrogens (tertiary/aromatic N) is 4. The Labute approximate surface area is 737 Å². The molecule has 0 radical (unpaired) electrons. The fourth-order valence-corrected chi connectivity index (χ4v) is 21.2. The largest absolute Gasteiger partial charge is 0.497 e. The molecular formula is C96H120F2N6O20S2. The van der Waals surface area contributed by atoms with Crippen molar-refractivity contribution in [3.05, 3.63) is 121 Å². The minimum atomic E-state index is -3.90. The van der Waals surface area contributed by atoms with Gasteiger partial charge < -0.3 is 47.7 Å². The molecular weight excluding hydrogens is 1660 g/mol. The van der Waals surface area contributed by atoms with Gasteiger partial charge in [0.2, 0.25) is 55.4 Å². The first kappa shape index (κ1) is 93.5. The van der Waals surface area contributed by atoms with E-state index in [0.29, 0.717) is 107 Å². The second-order valence-corrected chi connectivity index (χ2v) is 41.2. The lowest BCUT2D eigenvalue weighted by Gasteiger charge is -2.32. The molecule has 0 spiro atoms. The number of carbonyl (C=O) groups excluding carboxylic acids is 8. The van der Waals surface area contributed by atoms with Crippen molar-refractivity contribution in [3.63, 3.8) is 0 Å². The number of nitrogens with one attached hydrogen (secondary N) is 2. The Balaban J connectivity index is 0.000000216. The van der Waals surface area contributed by atoms with Gasteiger partial charge in [0.25, 0.3) is 0 Å². The van der Waals surface area contributed by atoms with Crippen molar-refractivity contribution in [3.8, 4) is 57.3 Å². The molecule has 14 atom stereocenters. The summed E-state index contributed by atoms with van der Waals surface area (Å²) >= 11 is 0. The Morgan fingerprint density at radius 3 is 1.22 bits per heavy atom. The summed E-state index contributed by atoms with van der Waals surface area (Å²) in [4.78, 5) is 127. The van der Waals surface area contributed by atoms with E-state index in [1.165, 1.54) is 21.9 Å². The monoisotopic (exact) mass is 1780 g/mol. The quantitative estimate of drug-likeness (QED) is 0.0420. The number of aromatic nitrogens is 2. The molecule has 0 bridgehead atoms. The van der Waals surface area contributed by atoms with Gasteiger partial charge in [0.05, 0.1) is 121 Å². The fourth-order valence-electron chi connectivity index (χ4n) is 18.4. The Morgan fingerprint density at radius 2 is 0.881 bits per heavy atom. The fraction of sp³-hybridized carbons (Fsp3) is 0.562. The molecule has 4 saturated carbocycles. The van der Waals surface area contributed by atoms with Gasteiger partial charge >= 0.3 is 11.9 Å². The van der Waals surface area contributed by atoms with Crippen molar-refractivity contribution in [2.45, 2.75) is 258 Å². The lowest BCUT2D eigenvalue weighted by Crippen LogP contribution is -2.47. The summed E-state index contributed by atoms with van der Waals surface area (Å²) in [6.45, 7) is 22.2. The van der Waals surface area contributed by atoms with Crippen molar-refractivity contribution < 1.29 is 102 Å². The number of ether oxygens (including phenoxy) is 8. The van der Waals surface area contributed by atoms with Gasteiger partial charge in [0.15, 0.2) is 34.7 Å². The predicted molar refractivity (Wildman–Crippen MR) is 470 cm³/mol. The van der Waals surface area contributed by atoms with Crippen molar-refractivity contribution in [1.29, 1.82) is 0 Å². The highest BCUT2D eigenvalue weighted by molar-refractivity contribution is 7.91. The maximum absolute atomic E-state index is 15.3. The summed E-state index contributed by atoms with van der Waals surface area (Å²) in [6, 6.07) is 21.4. The molecule has 6 aromatic rings. The van der Waals surface area contributed by atoms with Crippen LogP contribution in [0, 0.1) is 69.8 Å². The summed E-state index contributed by atoms with van der Waals surface area (Å²) in [7, 11) is -4.70. The number of hydrogen-bond acceptors (Lipinski definition) is 22. The van der Waals surface area contributed by atoms with E-state index in [1.807, 2.05) is 78.0 Å². The Bertz CT molecular complexity index is 5090. The normalized spacial score (nSPS) is 27.2. The number of sulfonamides is 2. The van der Waals surface area contributed by atoms with Crippen LogP contribution in [0.4, 0.5) is 8.78 Å². The number of carbonyl (C=O) groups is 8.